The van der Waals surface area contributed by atoms with Gasteiger partial charge in [-0.2, -0.15) is 0 Å². The van der Waals surface area contributed by atoms with Crippen molar-refractivity contribution in [2.75, 3.05) is 13.2 Å². The zero-order valence-electron chi connectivity index (χ0n) is 8.21. The fraction of sp³-hybridized carbons (Fsp3) is 0.875. The molecule has 4 nitrogen and oxygen atoms in total. The molecule has 0 unspecified atom stereocenters. The lowest BCUT2D eigenvalue weighted by atomic mass is 10.2. The van der Waals surface area contributed by atoms with Crippen molar-refractivity contribution in [2.45, 2.75) is 32.8 Å². The van der Waals surface area contributed by atoms with E-state index < -0.39 is 11.7 Å². The number of carbonyl (C=O) groups excluding carboxylic acids is 1. The van der Waals surface area contributed by atoms with Crippen LogP contribution in [0.25, 0.3) is 0 Å². The molecule has 1 amide bonds. The van der Waals surface area contributed by atoms with Crippen LogP contribution >= 0.6 is 0 Å². The summed E-state index contributed by atoms with van der Waals surface area (Å²) >= 11 is 0. The number of ether oxygens (including phenoxy) is 1. The summed E-state index contributed by atoms with van der Waals surface area (Å²) < 4.78 is 17.5. The molecule has 0 saturated carbocycles. The van der Waals surface area contributed by atoms with Gasteiger partial charge in [-0.1, -0.05) is 4.48 Å². The molecular formula is C8H16FNO3. The Bertz CT molecular complexity index is 167. The molecule has 0 aliphatic rings. The zero-order valence-corrected chi connectivity index (χ0v) is 8.21. The van der Waals surface area contributed by atoms with Crippen molar-refractivity contribution in [3.63, 3.8) is 0 Å². The second-order valence-electron chi connectivity index (χ2n) is 3.64. The summed E-state index contributed by atoms with van der Waals surface area (Å²) in [6, 6.07) is 0. The average molecular weight is 193 g/mol. The van der Waals surface area contributed by atoms with Crippen molar-refractivity contribution in [3.05, 3.63) is 0 Å². The second-order valence-corrected chi connectivity index (χ2v) is 3.64. The highest BCUT2D eigenvalue weighted by Crippen LogP contribution is 2.10. The molecule has 0 atom stereocenters. The summed E-state index contributed by atoms with van der Waals surface area (Å²) in [6.07, 6.45) is -0.809. The number of nitrogens with zero attached hydrogens (tertiary/aromatic N) is 1. The molecule has 0 spiro atoms. The predicted octanol–water partition coefficient (Wildman–Crippen LogP) is 1.49. The summed E-state index contributed by atoms with van der Waals surface area (Å²) in [4.78, 5) is 10.9. The summed E-state index contributed by atoms with van der Waals surface area (Å²) in [5.41, 5.74) is -0.694. The van der Waals surface area contributed by atoms with Crippen LogP contribution in [0.1, 0.15) is 27.2 Å². The van der Waals surface area contributed by atoms with E-state index in [1.165, 1.54) is 0 Å². The molecule has 78 valence electrons. The normalized spacial score (nSPS) is 11.2. The number of hydrogen-bond donors (Lipinski definition) is 1. The fourth-order valence-corrected chi connectivity index (χ4v) is 0.612. The number of carbonyl (C=O) groups is 1. The SMILES string of the molecule is CC(C)(C)OC(=O)N(F)CCCO. The van der Waals surface area contributed by atoms with E-state index in [9.17, 15) is 9.28 Å². The molecule has 0 rings (SSSR count). The molecule has 5 heteroatoms. The van der Waals surface area contributed by atoms with Crippen molar-refractivity contribution in [1.82, 2.24) is 5.12 Å². The van der Waals surface area contributed by atoms with Gasteiger partial charge in [0.25, 0.3) is 0 Å². The first kappa shape index (κ1) is 12.2. The third-order valence-electron chi connectivity index (χ3n) is 1.10. The smallest absolute Gasteiger partial charge is 0.438 e. The van der Waals surface area contributed by atoms with Crippen molar-refractivity contribution in [3.8, 4) is 0 Å². The summed E-state index contributed by atoms with van der Waals surface area (Å²) in [5.74, 6) is 0. The van der Waals surface area contributed by atoms with Gasteiger partial charge in [0.05, 0.1) is 6.54 Å². The molecule has 1 N–H and O–H groups in total. The lowest BCUT2D eigenvalue weighted by Gasteiger charge is -2.21. The lowest BCUT2D eigenvalue weighted by Crippen LogP contribution is -2.32. The fourth-order valence-electron chi connectivity index (χ4n) is 0.612. The molecule has 0 radical (unpaired) electrons. The molecule has 0 aromatic rings. The Hall–Kier alpha value is -0.840. The van der Waals surface area contributed by atoms with Gasteiger partial charge in [-0.3, -0.25) is 0 Å². The highest BCUT2D eigenvalue weighted by atomic mass is 19.2. The molecule has 0 aliphatic heterocycles. The Morgan fingerprint density at radius 1 is 1.54 bits per heavy atom. The maximum atomic E-state index is 12.8. The largest absolute Gasteiger partial charge is 0.442 e. The van der Waals surface area contributed by atoms with E-state index in [1.54, 1.807) is 20.8 Å². The van der Waals surface area contributed by atoms with Crippen LogP contribution in [-0.2, 0) is 4.74 Å². The highest BCUT2D eigenvalue weighted by Gasteiger charge is 2.21. The van der Waals surface area contributed by atoms with E-state index in [1.807, 2.05) is 0 Å². The van der Waals surface area contributed by atoms with Crippen LogP contribution in [0.15, 0.2) is 0 Å². The number of rotatable bonds is 3. The zero-order chi connectivity index (χ0) is 10.5. The van der Waals surface area contributed by atoms with Crippen molar-refractivity contribution >= 4 is 6.09 Å². The Labute approximate surface area is 77.2 Å². The maximum Gasteiger partial charge on any atom is 0.438 e. The van der Waals surface area contributed by atoms with Crippen LogP contribution in [-0.4, -0.2) is 35.1 Å². The number of hydrogen-bond acceptors (Lipinski definition) is 3. The minimum atomic E-state index is -1.01. The van der Waals surface area contributed by atoms with Gasteiger partial charge in [0.2, 0.25) is 0 Å². The van der Waals surface area contributed by atoms with Crippen LogP contribution in [0.5, 0.6) is 0 Å². The molecule has 0 saturated heterocycles. The molecular weight excluding hydrogens is 177 g/mol. The highest BCUT2D eigenvalue weighted by molar-refractivity contribution is 5.66. The average Bonchev–Trinajstić information content (AvgIpc) is 1.96. The van der Waals surface area contributed by atoms with Gasteiger partial charge >= 0.3 is 6.09 Å². The molecule has 0 heterocycles. The first-order valence-electron chi connectivity index (χ1n) is 4.14. The van der Waals surface area contributed by atoms with E-state index in [2.05, 4.69) is 0 Å². The Morgan fingerprint density at radius 3 is 2.46 bits per heavy atom. The first-order chi connectivity index (χ1) is 5.87. The van der Waals surface area contributed by atoms with Crippen LogP contribution in [0.3, 0.4) is 0 Å². The number of aliphatic hydroxyl groups is 1. The Morgan fingerprint density at radius 2 is 2.08 bits per heavy atom. The third-order valence-corrected chi connectivity index (χ3v) is 1.10. The van der Waals surface area contributed by atoms with Crippen LogP contribution < -0.4 is 0 Å². The van der Waals surface area contributed by atoms with Gasteiger partial charge < -0.3 is 9.84 Å². The maximum absolute atomic E-state index is 12.8. The van der Waals surface area contributed by atoms with Gasteiger partial charge in [-0.05, 0) is 27.2 Å². The summed E-state index contributed by atoms with van der Waals surface area (Å²) in [6.45, 7) is 4.68. The minimum Gasteiger partial charge on any atom is -0.442 e. The minimum absolute atomic E-state index is 0.0402. The monoisotopic (exact) mass is 193 g/mol. The summed E-state index contributed by atoms with van der Waals surface area (Å²) in [5, 5.41) is 8.34. The van der Waals surface area contributed by atoms with Crippen molar-refractivity contribution in [1.29, 1.82) is 0 Å². The number of halogens is 1. The number of aliphatic hydroxyl groups excluding tert-OH is 1. The second kappa shape index (κ2) is 5.01. The van der Waals surface area contributed by atoms with E-state index in [4.69, 9.17) is 9.84 Å². The first-order valence-corrected chi connectivity index (χ1v) is 4.14. The molecule has 0 fully saturated rings. The molecule has 0 aromatic heterocycles. The van der Waals surface area contributed by atoms with Crippen molar-refractivity contribution < 1.29 is 19.1 Å². The predicted molar refractivity (Wildman–Crippen MR) is 45.8 cm³/mol. The quantitative estimate of drug-likeness (QED) is 0.691. The standard InChI is InChI=1S/C8H16FNO3/c1-8(2,3)13-7(12)10(9)5-4-6-11/h11H,4-6H2,1-3H3. The third kappa shape index (κ3) is 6.33. The summed E-state index contributed by atoms with van der Waals surface area (Å²) in [7, 11) is 0. The van der Waals surface area contributed by atoms with E-state index >= 15 is 0 Å². The van der Waals surface area contributed by atoms with Gasteiger partial charge in [-0.25, -0.2) is 4.79 Å². The molecule has 0 bridgehead atoms. The topological polar surface area (TPSA) is 49.8 Å². The van der Waals surface area contributed by atoms with Gasteiger partial charge in [0.1, 0.15) is 5.60 Å². The molecule has 13 heavy (non-hydrogen) atoms. The lowest BCUT2D eigenvalue weighted by molar-refractivity contribution is -0.0323. The number of amides is 1. The van der Waals surface area contributed by atoms with E-state index in [0.29, 0.717) is 0 Å². The van der Waals surface area contributed by atoms with Gasteiger partial charge in [-0.15, -0.1) is 5.12 Å². The van der Waals surface area contributed by atoms with Gasteiger partial charge in [0, 0.05) is 6.61 Å². The molecule has 0 aromatic carbocycles. The van der Waals surface area contributed by atoms with Crippen LogP contribution in [0.2, 0.25) is 0 Å². The van der Waals surface area contributed by atoms with E-state index in [0.717, 1.165) is 0 Å². The molecule has 0 aliphatic carbocycles. The van der Waals surface area contributed by atoms with Crippen LogP contribution in [0.4, 0.5) is 9.28 Å². The van der Waals surface area contributed by atoms with Crippen molar-refractivity contribution in [2.24, 2.45) is 0 Å². The Kier molecular flexibility index (Phi) is 4.69. The van der Waals surface area contributed by atoms with E-state index in [-0.39, 0.29) is 24.7 Å². The Balaban J connectivity index is 3.83. The van der Waals surface area contributed by atoms with Crippen LogP contribution in [0, 0.1) is 0 Å². The van der Waals surface area contributed by atoms with Gasteiger partial charge in [0.15, 0.2) is 0 Å².